The van der Waals surface area contributed by atoms with Crippen LogP contribution in [0.4, 0.5) is 5.95 Å². The van der Waals surface area contributed by atoms with Gasteiger partial charge in [-0.25, -0.2) is 8.42 Å². The van der Waals surface area contributed by atoms with Crippen molar-refractivity contribution in [2.75, 3.05) is 11.5 Å². The molecule has 9 nitrogen and oxygen atoms in total. The Labute approximate surface area is 89.8 Å². The summed E-state index contributed by atoms with van der Waals surface area (Å²) in [6, 6.07) is -0.800. The van der Waals surface area contributed by atoms with Crippen LogP contribution >= 0.6 is 0 Å². The number of aliphatic hydroxyl groups is 1. The molecule has 0 spiro atoms. The van der Waals surface area contributed by atoms with Crippen LogP contribution in [0.2, 0.25) is 0 Å². The topological polar surface area (TPSA) is 128 Å². The Kier molecular flexibility index (Phi) is 2.39. The number of nitro groups is 1. The first kappa shape index (κ1) is 11.0. The highest BCUT2D eigenvalue weighted by molar-refractivity contribution is 7.91. The number of rotatable bonds is 2. The van der Waals surface area contributed by atoms with Crippen molar-refractivity contribution in [3.8, 4) is 0 Å². The molecule has 16 heavy (non-hydrogen) atoms. The van der Waals surface area contributed by atoms with E-state index < -0.39 is 32.9 Å². The van der Waals surface area contributed by atoms with Gasteiger partial charge in [-0.15, -0.1) is 0 Å². The van der Waals surface area contributed by atoms with Crippen molar-refractivity contribution in [2.24, 2.45) is 0 Å². The number of sulfone groups is 1. The van der Waals surface area contributed by atoms with E-state index in [-0.39, 0.29) is 11.5 Å². The fourth-order valence-corrected chi connectivity index (χ4v) is 3.35. The minimum atomic E-state index is -3.31. The van der Waals surface area contributed by atoms with Crippen LogP contribution in [0.3, 0.4) is 0 Å². The zero-order valence-electron chi connectivity index (χ0n) is 7.92. The molecule has 2 unspecified atom stereocenters. The van der Waals surface area contributed by atoms with Gasteiger partial charge in [0.05, 0.1) is 17.6 Å². The Bertz CT molecular complexity index is 523. The summed E-state index contributed by atoms with van der Waals surface area (Å²) < 4.78 is 23.4. The van der Waals surface area contributed by atoms with Gasteiger partial charge in [-0.05, 0) is 4.92 Å². The highest BCUT2D eigenvalue weighted by Crippen LogP contribution is 2.23. The molecule has 0 radical (unpaired) electrons. The third-order valence-corrected chi connectivity index (χ3v) is 3.99. The van der Waals surface area contributed by atoms with E-state index in [1.807, 2.05) is 0 Å². The Morgan fingerprint density at radius 1 is 1.56 bits per heavy atom. The number of aliphatic hydroxyl groups excluding tert-OH is 1. The normalized spacial score (nSPS) is 28.1. The minimum Gasteiger partial charge on any atom is -0.390 e. The van der Waals surface area contributed by atoms with Gasteiger partial charge in [0.2, 0.25) is 6.33 Å². The smallest absolute Gasteiger partial charge is 0.390 e. The van der Waals surface area contributed by atoms with E-state index in [0.717, 1.165) is 11.0 Å². The third-order valence-electron chi connectivity index (χ3n) is 2.29. The lowest BCUT2D eigenvalue weighted by Gasteiger charge is -2.08. The number of hydrogen-bond acceptors (Lipinski definition) is 7. The summed E-state index contributed by atoms with van der Waals surface area (Å²) >= 11 is 0. The lowest BCUT2D eigenvalue weighted by molar-refractivity contribution is -0.394. The van der Waals surface area contributed by atoms with Crippen LogP contribution in [-0.2, 0) is 9.84 Å². The summed E-state index contributed by atoms with van der Waals surface area (Å²) in [7, 11) is -3.31. The summed E-state index contributed by atoms with van der Waals surface area (Å²) in [5.41, 5.74) is 0. The second-order valence-corrected chi connectivity index (χ2v) is 5.65. The molecule has 0 amide bonds. The molecular weight excluding hydrogens is 240 g/mol. The van der Waals surface area contributed by atoms with Gasteiger partial charge in [0.15, 0.2) is 9.84 Å². The van der Waals surface area contributed by atoms with Crippen molar-refractivity contribution < 1.29 is 18.4 Å². The first-order chi connectivity index (χ1) is 7.39. The van der Waals surface area contributed by atoms with E-state index in [1.165, 1.54) is 0 Å². The molecule has 0 bridgehead atoms. The summed E-state index contributed by atoms with van der Waals surface area (Å²) in [5.74, 6) is -1.25. The van der Waals surface area contributed by atoms with Crippen LogP contribution in [-0.4, -0.2) is 50.8 Å². The first-order valence-electron chi connectivity index (χ1n) is 4.33. The highest BCUT2D eigenvalue weighted by atomic mass is 32.2. The van der Waals surface area contributed by atoms with E-state index in [9.17, 15) is 23.6 Å². The predicted molar refractivity (Wildman–Crippen MR) is 50.4 cm³/mol. The molecule has 0 aliphatic carbocycles. The molecule has 1 aromatic heterocycles. The summed E-state index contributed by atoms with van der Waals surface area (Å²) in [4.78, 5) is 12.9. The summed E-state index contributed by atoms with van der Waals surface area (Å²) in [6.07, 6.45) is -0.0568. The van der Waals surface area contributed by atoms with Crippen LogP contribution in [0.1, 0.15) is 6.04 Å². The molecule has 1 aromatic rings. The van der Waals surface area contributed by atoms with E-state index in [2.05, 4.69) is 10.1 Å². The zero-order valence-corrected chi connectivity index (χ0v) is 8.74. The highest BCUT2D eigenvalue weighted by Gasteiger charge is 2.40. The third kappa shape index (κ3) is 1.88. The zero-order chi connectivity index (χ0) is 11.9. The first-order valence-corrected chi connectivity index (χ1v) is 6.15. The molecule has 10 heteroatoms. The van der Waals surface area contributed by atoms with Crippen molar-refractivity contribution in [3.63, 3.8) is 0 Å². The van der Waals surface area contributed by atoms with Gasteiger partial charge in [0.1, 0.15) is 6.04 Å². The Morgan fingerprint density at radius 2 is 2.25 bits per heavy atom. The molecule has 0 aromatic carbocycles. The average Bonchev–Trinajstić information content (AvgIpc) is 2.69. The minimum absolute atomic E-state index is 0.283. The van der Waals surface area contributed by atoms with Crippen molar-refractivity contribution in [3.05, 3.63) is 16.4 Å². The van der Waals surface area contributed by atoms with Crippen molar-refractivity contribution >= 4 is 15.8 Å². The monoisotopic (exact) mass is 248 g/mol. The van der Waals surface area contributed by atoms with E-state index >= 15 is 0 Å². The quantitative estimate of drug-likeness (QED) is 0.499. The average molecular weight is 248 g/mol. The SMILES string of the molecule is O=[N+]([O-])c1ncn(C2CS(=O)(=O)CC2O)n1. The number of aromatic nitrogens is 3. The van der Waals surface area contributed by atoms with Gasteiger partial charge in [-0.1, -0.05) is 4.98 Å². The van der Waals surface area contributed by atoms with Crippen LogP contribution < -0.4 is 0 Å². The summed E-state index contributed by atoms with van der Waals surface area (Å²) in [6.45, 7) is 0. The van der Waals surface area contributed by atoms with Gasteiger partial charge < -0.3 is 15.2 Å². The van der Waals surface area contributed by atoms with Crippen LogP contribution in [0.15, 0.2) is 6.33 Å². The van der Waals surface area contributed by atoms with Gasteiger partial charge in [-0.2, -0.15) is 4.68 Å². The number of nitrogens with zero attached hydrogens (tertiary/aromatic N) is 4. The maximum absolute atomic E-state index is 11.2. The van der Waals surface area contributed by atoms with Gasteiger partial charge in [0, 0.05) is 5.10 Å². The fourth-order valence-electron chi connectivity index (χ4n) is 1.57. The van der Waals surface area contributed by atoms with E-state index in [1.54, 1.807) is 0 Å². The molecule has 1 aliphatic rings. The maximum Gasteiger partial charge on any atom is 0.490 e. The Hall–Kier alpha value is -1.55. The van der Waals surface area contributed by atoms with Crippen molar-refractivity contribution in [1.29, 1.82) is 0 Å². The second-order valence-electron chi connectivity index (χ2n) is 3.49. The van der Waals surface area contributed by atoms with Crippen molar-refractivity contribution in [1.82, 2.24) is 14.8 Å². The van der Waals surface area contributed by atoms with Crippen molar-refractivity contribution in [2.45, 2.75) is 12.1 Å². The fraction of sp³-hybridized carbons (Fsp3) is 0.667. The van der Waals surface area contributed by atoms with Crippen LogP contribution in [0.5, 0.6) is 0 Å². The van der Waals surface area contributed by atoms with Gasteiger partial charge in [-0.3, -0.25) is 0 Å². The lowest BCUT2D eigenvalue weighted by Crippen LogP contribution is -2.22. The Balaban J connectivity index is 2.28. The van der Waals surface area contributed by atoms with Gasteiger partial charge >= 0.3 is 5.95 Å². The molecule has 88 valence electrons. The van der Waals surface area contributed by atoms with Crippen LogP contribution in [0, 0.1) is 10.1 Å². The molecule has 2 rings (SSSR count). The molecule has 2 atom stereocenters. The molecule has 1 fully saturated rings. The molecule has 2 heterocycles. The van der Waals surface area contributed by atoms with E-state index in [4.69, 9.17) is 0 Å². The molecule has 1 saturated heterocycles. The Morgan fingerprint density at radius 3 is 2.69 bits per heavy atom. The largest absolute Gasteiger partial charge is 0.490 e. The molecule has 1 N–H and O–H groups in total. The number of hydrogen-bond donors (Lipinski definition) is 1. The standard InChI is InChI=1S/C6H8N4O5S/c11-5-2-16(14,15)1-4(5)9-3-7-6(8-9)10(12)13/h3-5,11H,1-2H2. The maximum atomic E-state index is 11.2. The summed E-state index contributed by atoms with van der Waals surface area (Å²) in [5, 5.41) is 23.3. The molecule has 0 saturated carbocycles. The van der Waals surface area contributed by atoms with Crippen LogP contribution in [0.25, 0.3) is 0 Å². The second kappa shape index (κ2) is 3.49. The molecule has 1 aliphatic heterocycles. The lowest BCUT2D eigenvalue weighted by atomic mass is 10.2. The predicted octanol–water partition coefficient (Wildman–Crippen LogP) is -1.48. The molecular formula is C6H8N4O5S. The van der Waals surface area contributed by atoms with E-state index in [0.29, 0.717) is 0 Å². The van der Waals surface area contributed by atoms with Gasteiger partial charge in [0.25, 0.3) is 0 Å².